The zero-order chi connectivity index (χ0) is 95.3. The van der Waals surface area contributed by atoms with Gasteiger partial charge in [-0.25, -0.2) is 4.67 Å². The number of carboxylic acids is 2. The molecule has 4 heterocycles. The van der Waals surface area contributed by atoms with Crippen molar-refractivity contribution in [2.45, 2.75) is 128 Å². The molecule has 17 nitrogen and oxygen atoms in total. The third kappa shape index (κ3) is 26.4. The molecule has 0 radical (unpaired) electrons. The van der Waals surface area contributed by atoms with Gasteiger partial charge < -0.3 is 64.3 Å². The molecule has 3 fully saturated rings. The van der Waals surface area contributed by atoms with Crippen molar-refractivity contribution in [2.75, 3.05) is 14.2 Å². The van der Waals surface area contributed by atoms with Crippen LogP contribution in [0.15, 0.2) is 322 Å². The van der Waals surface area contributed by atoms with E-state index in [1.165, 1.54) is 224 Å². The molecule has 694 valence electrons. The summed E-state index contributed by atoms with van der Waals surface area (Å²) in [5.74, 6) is 6.35. The number of hydrogen-bond acceptors (Lipinski definition) is 14. The van der Waals surface area contributed by atoms with Gasteiger partial charge in [0.2, 0.25) is 0 Å². The Labute approximate surface area is 922 Å². The monoisotopic (exact) mass is 2070 g/mol. The number of carbonyl (C=O) groups is 2. The van der Waals surface area contributed by atoms with Gasteiger partial charge >= 0.3 is 130 Å². The van der Waals surface area contributed by atoms with Gasteiger partial charge in [0.15, 0.2) is 0 Å². The number of carboxylic acid groups (broad SMARTS) is 2. The van der Waals surface area contributed by atoms with Gasteiger partial charge in [-0.05, 0) is 248 Å². The molecule has 6 N–H and O–H groups in total. The maximum atomic E-state index is 9.94. The smallest absolute Gasteiger partial charge is 0.260 e. The molecule has 139 heavy (non-hydrogen) atoms. The van der Waals surface area contributed by atoms with Crippen molar-refractivity contribution in [3.63, 3.8) is 0 Å². The van der Waals surface area contributed by atoms with E-state index in [4.69, 9.17) is 74.5 Å². The van der Waals surface area contributed by atoms with Crippen LogP contribution in [0.4, 0.5) is 0 Å². The van der Waals surface area contributed by atoms with Crippen LogP contribution in [-0.4, -0.2) is 153 Å². The summed E-state index contributed by atoms with van der Waals surface area (Å²) in [6.45, 7) is 4.53. The summed E-state index contributed by atoms with van der Waals surface area (Å²) in [4.78, 5) is 26.9. The Bertz CT molecular complexity index is 6740. The first-order valence-electron chi connectivity index (χ1n) is 46.7. The zero-order valence-electron chi connectivity index (χ0n) is 79.2. The Hall–Kier alpha value is -7.19. The Morgan fingerprint density at radius 2 is 0.755 bits per heavy atom. The third-order valence-corrected chi connectivity index (χ3v) is 29.6. The summed E-state index contributed by atoms with van der Waals surface area (Å²) >= 11 is 8.72. The SMILES string of the molecule is CC(=O)O.CC(=O)O.COC1CCCC1.COc1cccc(C)c1-c1ccccc1P(C1CCCCC1)C1CCCCC1.Clc1ccc2c(c1)B1c3ccccc3Oc3cccc(c31)O2.O.O=[P+]([O-])O[O-].OB(O)c1c2ccccc2c(-c2ccccc2)c2ccccc12.[K+].[K][K].[Pd].c1ccc(-c2c3ccccc3c(-c3ccc4c(c3)B3c5ccccc5Oc5cccc(c53)O4)c3ccccc23)cc1. The minimum absolute atomic E-state index is 0. The molecule has 7 aliphatic rings. The van der Waals surface area contributed by atoms with Gasteiger partial charge in [0.1, 0.15) is 51.7 Å². The number of para-hydroxylation sites is 2. The standard InChI is InChI=1S/C38H23BO2.C26H35OP.C20H15BO2.C18H10BClO2.C6H12O.2C2H4O2.3K.HO4P.H2O.Pd/c1-2-11-24(12-3-1)36-26-13-4-6-15-28(26)37(29-16-7-5-14-27(29)36)25-21-22-33-31(23-25)39-30-17-8-9-18-32(30)40-34-19-10-20-35(41-33)38(34)39;1-20-12-11-18-24(27-2)26(20)23-17-9-10-19-25(23)28(21-13-5-3-6-14-21)22-15-7-4-8-16-22;22-21(23)20-17-12-6-4-10-15(17)19(14-8-2-1-3-9-14)16-11-5-7-13-18(16)20;20-11-8-9-15-13(10-11)19-12-4-1-2-5-14(12)21-16-6-3-7-17(22-15)18(16)19;1-7-6-4-2-3-5-6;2*1-2(3)4;;;;1-4-5(2)3;;/h1-23H;9-12,17-19,21-22H,3-8,13-16H2,1-2H3;1-13,22-23H;1-10H;6H,2-5H2,1H3;2*1H3,(H,3,4);;;;1H;1H2;/q;;;;;;;;;+1;;;/p-1. The van der Waals surface area contributed by atoms with Crippen LogP contribution in [0, 0.1) is 6.92 Å². The van der Waals surface area contributed by atoms with Gasteiger partial charge in [0.25, 0.3) is 25.4 Å². The fourth-order valence-corrected chi connectivity index (χ4v) is 24.3. The minimum atomic E-state index is -3.15. The van der Waals surface area contributed by atoms with E-state index in [1.54, 1.807) is 12.4 Å². The molecule has 23 rings (SSSR count). The van der Waals surface area contributed by atoms with E-state index < -0.39 is 27.3 Å². The second-order valence-electron chi connectivity index (χ2n) is 34.1. The zero-order valence-corrected chi connectivity index (χ0v) is 92.7. The van der Waals surface area contributed by atoms with E-state index in [9.17, 15) is 10.0 Å². The summed E-state index contributed by atoms with van der Waals surface area (Å²) in [6, 6.07) is 111. The van der Waals surface area contributed by atoms with Crippen LogP contribution in [0.1, 0.15) is 109 Å². The van der Waals surface area contributed by atoms with Crippen LogP contribution in [0.25, 0.3) is 87.6 Å². The topological polar surface area (TPSA) is 274 Å². The summed E-state index contributed by atoms with van der Waals surface area (Å²) < 4.78 is 47.2. The summed E-state index contributed by atoms with van der Waals surface area (Å²) in [6.07, 6.45) is 20.3. The number of ether oxygens (including phenoxy) is 6. The molecule has 0 spiro atoms. The molecule has 4 aliphatic heterocycles. The van der Waals surface area contributed by atoms with Crippen molar-refractivity contribution in [3.8, 4) is 96.3 Å². The van der Waals surface area contributed by atoms with E-state index in [0.29, 0.717) is 16.6 Å². The molecule has 0 bridgehead atoms. The van der Waals surface area contributed by atoms with Crippen LogP contribution in [-0.2, 0) is 44.0 Å². The van der Waals surface area contributed by atoms with Gasteiger partial charge in [-0.15, -0.1) is 0 Å². The fraction of sp³-hybridized carbons (Fsp3) is 0.196. The van der Waals surface area contributed by atoms with Crippen molar-refractivity contribution in [1.82, 2.24) is 0 Å². The number of benzene rings is 16. The number of fused-ring (bicyclic) bond motifs is 12. The van der Waals surface area contributed by atoms with Crippen LogP contribution in [0.3, 0.4) is 0 Å². The fourth-order valence-electron chi connectivity index (χ4n) is 20.2. The maximum absolute atomic E-state index is 9.94. The molecule has 16 aromatic rings. The van der Waals surface area contributed by atoms with E-state index >= 15 is 0 Å². The van der Waals surface area contributed by atoms with Crippen LogP contribution in [0.2, 0.25) is 5.02 Å². The average molecular weight is 2080 g/mol. The molecule has 0 saturated heterocycles. The van der Waals surface area contributed by atoms with Crippen molar-refractivity contribution < 1.29 is 155 Å². The quantitative estimate of drug-likeness (QED) is 0.0308. The number of aliphatic carboxylic acids is 2. The normalized spacial score (nSPS) is 13.6. The number of halogens is 1. The number of rotatable bonds is 11. The summed E-state index contributed by atoms with van der Waals surface area (Å²) in [5.41, 5.74) is 20.4. The van der Waals surface area contributed by atoms with E-state index in [0.717, 1.165) is 131 Å². The Morgan fingerprint density at radius 3 is 1.15 bits per heavy atom. The van der Waals surface area contributed by atoms with Crippen LogP contribution < -0.4 is 129 Å². The molecule has 0 aromatic heterocycles. The molecule has 16 aromatic carbocycles. The van der Waals surface area contributed by atoms with Gasteiger partial charge in [-0.2, -0.15) is 0 Å². The maximum Gasteiger partial charge on any atom is 0.260 e. The van der Waals surface area contributed by atoms with Crippen molar-refractivity contribution in [1.29, 1.82) is 0 Å². The molecule has 27 heteroatoms. The number of aryl methyl sites for hydroxylation is 1. The Balaban J connectivity index is 0.000000157. The molecule has 3 saturated carbocycles. The molecule has 0 amide bonds. The summed E-state index contributed by atoms with van der Waals surface area (Å²) in [7, 11) is -1.17. The first kappa shape index (κ1) is 111. The van der Waals surface area contributed by atoms with Crippen molar-refractivity contribution in [3.05, 3.63) is 332 Å². The number of hydrogen-bond donors (Lipinski definition) is 4. The average Bonchev–Trinajstić information content (AvgIpc) is 1.59. The first-order valence-corrected chi connectivity index (χ1v) is 65.6. The Kier molecular flexibility index (Phi) is 43.1. The van der Waals surface area contributed by atoms with Crippen molar-refractivity contribution in [2.24, 2.45) is 0 Å². The third-order valence-electron chi connectivity index (χ3n) is 25.7. The van der Waals surface area contributed by atoms with Gasteiger partial charge in [-0.3, -0.25) is 9.59 Å². The largest absolute Gasteiger partial charge is 0.458 e. The molecule has 1 unspecified atom stereocenters. The Morgan fingerprint density at radius 1 is 0.424 bits per heavy atom. The van der Waals surface area contributed by atoms with Crippen molar-refractivity contribution >= 4 is 210 Å². The second-order valence-corrected chi connectivity index (χ2v) is 37.9. The molecular formula is C112H105B3ClK3O17P2Pd. The number of methoxy groups -OCH3 is 2. The van der Waals surface area contributed by atoms with Crippen LogP contribution in [0.5, 0.6) is 51.7 Å². The van der Waals surface area contributed by atoms with E-state index in [1.807, 2.05) is 153 Å². The minimum Gasteiger partial charge on any atom is -0.458 e. The molecule has 3 aliphatic carbocycles. The van der Waals surface area contributed by atoms with E-state index in [2.05, 4.69) is 188 Å². The van der Waals surface area contributed by atoms with E-state index in [-0.39, 0.29) is 98.6 Å². The van der Waals surface area contributed by atoms with Gasteiger partial charge in [-0.1, -0.05) is 326 Å². The summed E-state index contributed by atoms with van der Waals surface area (Å²) in [5, 5.41) is 54.4. The first-order chi connectivity index (χ1) is 66.4. The van der Waals surface area contributed by atoms with Gasteiger partial charge in [0, 0.05) is 62.9 Å². The molecule has 1 atom stereocenters. The second kappa shape index (κ2) is 54.1. The van der Waals surface area contributed by atoms with Crippen LogP contribution >= 0.6 is 27.8 Å². The molecular weight excluding hydrogens is 1970 g/mol. The van der Waals surface area contributed by atoms with Gasteiger partial charge in [0.05, 0.1) is 13.2 Å². The predicted octanol–water partition coefficient (Wildman–Crippen LogP) is 17.4. The predicted molar refractivity (Wildman–Crippen MR) is 559 cm³/mol.